The number of carbonyl (C=O) groups is 1. The summed E-state index contributed by atoms with van der Waals surface area (Å²) in [6, 6.07) is 0.498. The van der Waals surface area contributed by atoms with Gasteiger partial charge in [0.15, 0.2) is 0 Å². The van der Waals surface area contributed by atoms with Gasteiger partial charge in [-0.25, -0.2) is 0 Å². The van der Waals surface area contributed by atoms with Crippen LogP contribution in [0.25, 0.3) is 0 Å². The first kappa shape index (κ1) is 13.8. The molecule has 1 saturated heterocycles. The smallest absolute Gasteiger partial charge is 0.237 e. The molecule has 1 heterocycles. The van der Waals surface area contributed by atoms with E-state index in [4.69, 9.17) is 0 Å². The minimum Gasteiger partial charge on any atom is -0.352 e. The van der Waals surface area contributed by atoms with Gasteiger partial charge in [0.1, 0.15) is 0 Å². The Bertz CT molecular complexity index is 243. The monoisotopic (exact) mass is 246 g/mol. The van der Waals surface area contributed by atoms with Gasteiger partial charge in [0.05, 0.1) is 6.04 Å². The molecule has 0 aromatic rings. The molecule has 3 unspecified atom stereocenters. The summed E-state index contributed by atoms with van der Waals surface area (Å²) in [6.07, 6.45) is 4.73. The van der Waals surface area contributed by atoms with Crippen molar-refractivity contribution in [2.24, 2.45) is 11.8 Å². The number of amides is 1. The van der Waals surface area contributed by atoms with Crippen molar-refractivity contribution in [1.29, 1.82) is 0 Å². The van der Waals surface area contributed by atoms with Crippen molar-refractivity contribution in [2.75, 3.05) is 6.54 Å². The Morgan fingerprint density at radius 2 is 1.94 bits per heavy atom. The summed E-state index contributed by atoms with van der Waals surface area (Å²) in [7, 11) is 0. The summed E-state index contributed by atoms with van der Waals surface area (Å²) in [5, 5.41) is 6.35. The number of rotatable bonds is 2. The summed E-state index contributed by atoms with van der Waals surface area (Å²) in [5.41, 5.74) is 0. The largest absolute Gasteiger partial charge is 0.352 e. The van der Waals surface area contributed by atoms with Gasteiger partial charge in [-0.2, -0.15) is 0 Å². The van der Waals surface area contributed by atoms with Gasteiger partial charge in [0.2, 0.25) is 5.91 Å². The van der Waals surface area contributed by atoms with E-state index in [-0.39, 0.29) is 24.4 Å². The van der Waals surface area contributed by atoms with Crippen molar-refractivity contribution >= 4 is 18.3 Å². The standard InChI is InChI=1S/C12H22N2O.ClH/c1-8-4-3-5-10(9(8)2)14-12(15)11-6-7-13-11;/h8-11,13H,3-7H2,1-2H3,(H,14,15);1H/t8?,9?,10?,11-;/m1./s1. The van der Waals surface area contributed by atoms with Crippen LogP contribution in [0.5, 0.6) is 0 Å². The molecule has 3 nitrogen and oxygen atoms in total. The Morgan fingerprint density at radius 3 is 2.50 bits per heavy atom. The maximum atomic E-state index is 11.8. The van der Waals surface area contributed by atoms with Gasteiger partial charge in [-0.1, -0.05) is 26.7 Å². The van der Waals surface area contributed by atoms with Crippen LogP contribution >= 0.6 is 12.4 Å². The molecule has 1 saturated carbocycles. The minimum absolute atomic E-state index is 0. The second-order valence-electron chi connectivity index (χ2n) is 5.18. The Balaban J connectivity index is 0.00000128. The Kier molecular flexibility index (Phi) is 5.06. The maximum Gasteiger partial charge on any atom is 0.237 e. The number of halogens is 1. The average molecular weight is 247 g/mol. The van der Waals surface area contributed by atoms with Gasteiger partial charge >= 0.3 is 0 Å². The van der Waals surface area contributed by atoms with Crippen molar-refractivity contribution in [3.8, 4) is 0 Å². The SMILES string of the molecule is CC1CCCC(NC(=O)[C@H]2CCN2)C1C.Cl. The third-order valence-corrected chi connectivity index (χ3v) is 4.17. The first-order valence-corrected chi connectivity index (χ1v) is 6.22. The molecule has 2 aliphatic rings. The number of hydrogen-bond acceptors (Lipinski definition) is 2. The summed E-state index contributed by atoms with van der Waals surface area (Å²) >= 11 is 0. The summed E-state index contributed by atoms with van der Waals surface area (Å²) in [6.45, 7) is 5.56. The van der Waals surface area contributed by atoms with Crippen LogP contribution in [-0.2, 0) is 4.79 Å². The van der Waals surface area contributed by atoms with Crippen LogP contribution in [0.1, 0.15) is 39.5 Å². The zero-order chi connectivity index (χ0) is 10.8. The molecule has 2 fully saturated rings. The Morgan fingerprint density at radius 1 is 1.25 bits per heavy atom. The van der Waals surface area contributed by atoms with Gasteiger partial charge in [-0.05, 0) is 31.2 Å². The van der Waals surface area contributed by atoms with Gasteiger partial charge < -0.3 is 10.6 Å². The molecule has 0 bridgehead atoms. The second kappa shape index (κ2) is 5.87. The lowest BCUT2D eigenvalue weighted by molar-refractivity contribution is -0.126. The molecule has 4 atom stereocenters. The topological polar surface area (TPSA) is 41.1 Å². The molecule has 16 heavy (non-hydrogen) atoms. The van der Waals surface area contributed by atoms with Crippen molar-refractivity contribution in [3.05, 3.63) is 0 Å². The van der Waals surface area contributed by atoms with E-state index in [9.17, 15) is 4.79 Å². The summed E-state index contributed by atoms with van der Waals surface area (Å²) in [5.74, 6) is 1.59. The lowest BCUT2D eigenvalue weighted by atomic mass is 9.78. The van der Waals surface area contributed by atoms with Crippen molar-refractivity contribution in [2.45, 2.75) is 51.6 Å². The van der Waals surface area contributed by atoms with Crippen molar-refractivity contribution in [3.63, 3.8) is 0 Å². The average Bonchev–Trinajstić information content (AvgIpc) is 2.10. The van der Waals surface area contributed by atoms with Crippen LogP contribution in [0.2, 0.25) is 0 Å². The molecule has 0 spiro atoms. The summed E-state index contributed by atoms with van der Waals surface area (Å²) < 4.78 is 0. The normalized spacial score (nSPS) is 38.1. The van der Waals surface area contributed by atoms with Gasteiger partial charge in [-0.15, -0.1) is 12.4 Å². The second-order valence-corrected chi connectivity index (χ2v) is 5.18. The van der Waals surface area contributed by atoms with E-state index >= 15 is 0 Å². The van der Waals surface area contributed by atoms with Crippen LogP contribution < -0.4 is 10.6 Å². The van der Waals surface area contributed by atoms with E-state index in [0.717, 1.165) is 25.3 Å². The molecule has 1 aliphatic carbocycles. The fraction of sp³-hybridized carbons (Fsp3) is 0.917. The maximum absolute atomic E-state index is 11.8. The van der Waals surface area contributed by atoms with Crippen LogP contribution in [0.15, 0.2) is 0 Å². The molecule has 0 aromatic heterocycles. The zero-order valence-corrected chi connectivity index (χ0v) is 11.0. The predicted molar refractivity (Wildman–Crippen MR) is 67.8 cm³/mol. The Hall–Kier alpha value is -0.280. The van der Waals surface area contributed by atoms with E-state index in [2.05, 4.69) is 24.5 Å². The molecule has 1 aliphatic heterocycles. The number of nitrogens with one attached hydrogen (secondary N) is 2. The van der Waals surface area contributed by atoms with Gasteiger partial charge in [0.25, 0.3) is 0 Å². The quantitative estimate of drug-likeness (QED) is 0.779. The number of hydrogen-bond donors (Lipinski definition) is 2. The van der Waals surface area contributed by atoms with E-state index in [1.807, 2.05) is 0 Å². The van der Waals surface area contributed by atoms with E-state index in [0.29, 0.717) is 12.0 Å². The summed E-state index contributed by atoms with van der Waals surface area (Å²) in [4.78, 5) is 11.8. The molecule has 2 N–H and O–H groups in total. The highest BCUT2D eigenvalue weighted by Crippen LogP contribution is 2.29. The first-order chi connectivity index (χ1) is 7.18. The predicted octanol–water partition coefficient (Wildman–Crippen LogP) is 1.71. The third-order valence-electron chi connectivity index (χ3n) is 4.17. The van der Waals surface area contributed by atoms with Crippen LogP contribution in [0.4, 0.5) is 0 Å². The van der Waals surface area contributed by atoms with Gasteiger partial charge in [-0.3, -0.25) is 4.79 Å². The minimum atomic E-state index is 0. The zero-order valence-electron chi connectivity index (χ0n) is 10.2. The fourth-order valence-corrected chi connectivity index (χ4v) is 2.58. The molecule has 0 radical (unpaired) electrons. The van der Waals surface area contributed by atoms with Crippen LogP contribution in [0, 0.1) is 11.8 Å². The lowest BCUT2D eigenvalue weighted by Gasteiger charge is -2.36. The third kappa shape index (κ3) is 2.89. The van der Waals surface area contributed by atoms with E-state index in [1.54, 1.807) is 0 Å². The molecule has 0 aromatic carbocycles. The highest BCUT2D eigenvalue weighted by Gasteiger charge is 2.31. The van der Waals surface area contributed by atoms with Crippen molar-refractivity contribution < 1.29 is 4.79 Å². The molecule has 4 heteroatoms. The molecule has 94 valence electrons. The first-order valence-electron chi connectivity index (χ1n) is 6.22. The van der Waals surface area contributed by atoms with Crippen LogP contribution in [-0.4, -0.2) is 24.5 Å². The molecular weight excluding hydrogens is 224 g/mol. The lowest BCUT2D eigenvalue weighted by Crippen LogP contribution is -2.56. The van der Waals surface area contributed by atoms with Gasteiger partial charge in [0, 0.05) is 6.04 Å². The Labute approximate surface area is 104 Å². The highest BCUT2D eigenvalue weighted by molar-refractivity contribution is 5.85. The van der Waals surface area contributed by atoms with Crippen molar-refractivity contribution in [1.82, 2.24) is 10.6 Å². The molecular formula is C12H23ClN2O. The highest BCUT2D eigenvalue weighted by atomic mass is 35.5. The number of carbonyl (C=O) groups excluding carboxylic acids is 1. The molecule has 1 amide bonds. The van der Waals surface area contributed by atoms with E-state index in [1.165, 1.54) is 12.8 Å². The van der Waals surface area contributed by atoms with Crippen LogP contribution in [0.3, 0.4) is 0 Å². The van der Waals surface area contributed by atoms with E-state index < -0.39 is 0 Å². The fourth-order valence-electron chi connectivity index (χ4n) is 2.58. The molecule has 2 rings (SSSR count).